The van der Waals surface area contributed by atoms with Gasteiger partial charge in [0.1, 0.15) is 5.75 Å². The first kappa shape index (κ1) is 21.8. The summed E-state index contributed by atoms with van der Waals surface area (Å²) >= 11 is 3.27. The fourth-order valence-corrected chi connectivity index (χ4v) is 2.64. The highest BCUT2D eigenvalue weighted by Crippen LogP contribution is 2.25. The van der Waals surface area contributed by atoms with E-state index in [1.807, 2.05) is 0 Å². The average molecular weight is 455 g/mol. The van der Waals surface area contributed by atoms with E-state index < -0.39 is 17.9 Å². The number of hydrogen-bond donors (Lipinski definition) is 2. The second-order valence-electron chi connectivity index (χ2n) is 7.10. The first-order valence-corrected chi connectivity index (χ1v) is 9.28. The van der Waals surface area contributed by atoms with Crippen molar-refractivity contribution in [2.24, 2.45) is 5.41 Å². The van der Waals surface area contributed by atoms with Gasteiger partial charge in [0, 0.05) is 33.2 Å². The van der Waals surface area contributed by atoms with Crippen LogP contribution in [0.3, 0.4) is 0 Å². The lowest BCUT2D eigenvalue weighted by molar-refractivity contribution is -0.123. The molecule has 0 aliphatic rings. The van der Waals surface area contributed by atoms with Gasteiger partial charge in [0.05, 0.1) is 0 Å². The molecule has 150 valence electrons. The number of nitrogens with one attached hydrogen (secondary N) is 2. The summed E-state index contributed by atoms with van der Waals surface area (Å²) < 4.78 is 30.2. The minimum Gasteiger partial charge on any atom is -0.434 e. The number of alkyl halides is 2. The molecule has 2 N–H and O–H groups in total. The van der Waals surface area contributed by atoms with Crippen LogP contribution in [0.4, 0.5) is 14.5 Å². The number of carbonyl (C=O) groups is 2. The van der Waals surface area contributed by atoms with Crippen LogP contribution < -0.4 is 15.4 Å². The van der Waals surface area contributed by atoms with Crippen LogP contribution in [-0.4, -0.2) is 18.4 Å². The molecule has 2 amide bonds. The molecule has 0 aliphatic heterocycles. The molecule has 0 radical (unpaired) electrons. The molecule has 0 spiro atoms. The molecular formula is C20H21BrF2N2O3. The van der Waals surface area contributed by atoms with E-state index >= 15 is 0 Å². The van der Waals surface area contributed by atoms with Crippen molar-refractivity contribution in [3.63, 3.8) is 0 Å². The van der Waals surface area contributed by atoms with Crippen molar-refractivity contribution >= 4 is 33.4 Å². The molecule has 0 saturated carbocycles. The van der Waals surface area contributed by atoms with Gasteiger partial charge < -0.3 is 15.4 Å². The minimum atomic E-state index is -2.96. The van der Waals surface area contributed by atoms with E-state index in [-0.39, 0.29) is 18.2 Å². The monoisotopic (exact) mass is 454 g/mol. The van der Waals surface area contributed by atoms with E-state index in [4.69, 9.17) is 0 Å². The van der Waals surface area contributed by atoms with Gasteiger partial charge in [-0.15, -0.1) is 0 Å². The van der Waals surface area contributed by atoms with E-state index in [1.54, 1.807) is 57.2 Å². The Bertz CT molecular complexity index is 867. The maximum absolute atomic E-state index is 12.5. The third kappa shape index (κ3) is 6.30. The topological polar surface area (TPSA) is 67.4 Å². The van der Waals surface area contributed by atoms with Crippen LogP contribution in [0.25, 0.3) is 0 Å². The third-order valence-corrected chi connectivity index (χ3v) is 4.24. The van der Waals surface area contributed by atoms with Crippen LogP contribution in [0.1, 0.15) is 36.7 Å². The highest BCUT2D eigenvalue weighted by Gasteiger charge is 2.21. The number of hydrogen-bond acceptors (Lipinski definition) is 3. The van der Waals surface area contributed by atoms with E-state index in [0.717, 1.165) is 0 Å². The van der Waals surface area contributed by atoms with Gasteiger partial charge in [0.15, 0.2) is 0 Å². The largest absolute Gasteiger partial charge is 0.434 e. The summed E-state index contributed by atoms with van der Waals surface area (Å²) in [5, 5.41) is 5.43. The SMILES string of the molecule is CC(C)(C)C(=O)Nc1cccc(C(=O)NCc2cc(Br)ccc2OC(F)F)c1. The van der Waals surface area contributed by atoms with Crippen molar-refractivity contribution in [1.82, 2.24) is 5.32 Å². The van der Waals surface area contributed by atoms with Crippen molar-refractivity contribution in [2.75, 3.05) is 5.32 Å². The van der Waals surface area contributed by atoms with Crippen LogP contribution in [0.2, 0.25) is 0 Å². The van der Waals surface area contributed by atoms with Crippen molar-refractivity contribution in [2.45, 2.75) is 33.9 Å². The molecule has 8 heteroatoms. The summed E-state index contributed by atoms with van der Waals surface area (Å²) in [6.07, 6.45) is 0. The lowest BCUT2D eigenvalue weighted by Gasteiger charge is -2.18. The lowest BCUT2D eigenvalue weighted by Crippen LogP contribution is -2.28. The van der Waals surface area contributed by atoms with Crippen LogP contribution >= 0.6 is 15.9 Å². The molecule has 0 saturated heterocycles. The van der Waals surface area contributed by atoms with Crippen LogP contribution in [0, 0.1) is 5.41 Å². The highest BCUT2D eigenvalue weighted by molar-refractivity contribution is 9.10. The third-order valence-electron chi connectivity index (χ3n) is 3.74. The van der Waals surface area contributed by atoms with Gasteiger partial charge in [0.2, 0.25) is 5.91 Å². The quantitative estimate of drug-likeness (QED) is 0.647. The summed E-state index contributed by atoms with van der Waals surface area (Å²) in [4.78, 5) is 24.5. The van der Waals surface area contributed by atoms with E-state index in [9.17, 15) is 18.4 Å². The zero-order valence-electron chi connectivity index (χ0n) is 15.7. The summed E-state index contributed by atoms with van der Waals surface area (Å²) in [7, 11) is 0. The summed E-state index contributed by atoms with van der Waals surface area (Å²) in [6, 6.07) is 11.1. The number of benzene rings is 2. The summed E-state index contributed by atoms with van der Waals surface area (Å²) in [6.45, 7) is 2.40. The minimum absolute atomic E-state index is 0.00109. The van der Waals surface area contributed by atoms with Crippen molar-refractivity contribution in [3.8, 4) is 5.75 Å². The molecule has 5 nitrogen and oxygen atoms in total. The Morgan fingerprint density at radius 3 is 2.50 bits per heavy atom. The van der Waals surface area contributed by atoms with Gasteiger partial charge in [-0.25, -0.2) is 0 Å². The predicted octanol–water partition coefficient (Wildman–Crippen LogP) is 4.97. The van der Waals surface area contributed by atoms with Gasteiger partial charge >= 0.3 is 6.61 Å². The molecule has 0 heterocycles. The lowest BCUT2D eigenvalue weighted by atomic mass is 9.95. The Hall–Kier alpha value is -2.48. The van der Waals surface area contributed by atoms with Crippen molar-refractivity contribution < 1.29 is 23.1 Å². The molecule has 0 atom stereocenters. The normalized spacial score (nSPS) is 11.2. The molecule has 0 unspecified atom stereocenters. The Morgan fingerprint density at radius 1 is 1.14 bits per heavy atom. The number of halogens is 3. The first-order valence-electron chi connectivity index (χ1n) is 8.49. The summed E-state index contributed by atoms with van der Waals surface area (Å²) in [5.41, 5.74) is 0.662. The fraction of sp³-hybridized carbons (Fsp3) is 0.300. The number of carbonyl (C=O) groups excluding carboxylic acids is 2. The Labute approximate surface area is 170 Å². The van der Waals surface area contributed by atoms with Gasteiger partial charge in [0.25, 0.3) is 5.91 Å². The Kier molecular flexibility index (Phi) is 7.12. The average Bonchev–Trinajstić information content (AvgIpc) is 2.60. The fourth-order valence-electron chi connectivity index (χ4n) is 2.23. The molecule has 2 aromatic rings. The second kappa shape index (κ2) is 9.14. The van der Waals surface area contributed by atoms with Gasteiger partial charge in [-0.05, 0) is 36.4 Å². The van der Waals surface area contributed by atoms with Gasteiger partial charge in [-0.2, -0.15) is 8.78 Å². The van der Waals surface area contributed by atoms with E-state index in [2.05, 4.69) is 31.3 Å². The Balaban J connectivity index is 2.09. The predicted molar refractivity (Wildman–Crippen MR) is 106 cm³/mol. The van der Waals surface area contributed by atoms with E-state index in [1.165, 1.54) is 6.07 Å². The van der Waals surface area contributed by atoms with Crippen LogP contribution in [0.5, 0.6) is 5.75 Å². The standard InChI is InChI=1S/C20H21BrF2N2O3/c1-20(2,3)18(27)25-15-6-4-5-12(10-15)17(26)24-11-13-9-14(21)7-8-16(13)28-19(22)23/h4-10,19H,11H2,1-3H3,(H,24,26)(H,25,27). The highest BCUT2D eigenvalue weighted by atomic mass is 79.9. The van der Waals surface area contributed by atoms with E-state index in [0.29, 0.717) is 21.3 Å². The van der Waals surface area contributed by atoms with Gasteiger partial charge in [-0.1, -0.05) is 42.8 Å². The molecule has 0 bridgehead atoms. The van der Waals surface area contributed by atoms with Crippen LogP contribution in [0.15, 0.2) is 46.9 Å². The van der Waals surface area contributed by atoms with Crippen LogP contribution in [-0.2, 0) is 11.3 Å². The Morgan fingerprint density at radius 2 is 1.86 bits per heavy atom. The second-order valence-corrected chi connectivity index (χ2v) is 8.01. The molecule has 2 rings (SSSR count). The maximum atomic E-state index is 12.5. The molecule has 0 aliphatic carbocycles. The summed E-state index contributed by atoms with van der Waals surface area (Å²) in [5.74, 6) is -0.590. The number of amides is 2. The molecular weight excluding hydrogens is 434 g/mol. The number of anilines is 1. The molecule has 28 heavy (non-hydrogen) atoms. The van der Waals surface area contributed by atoms with Gasteiger partial charge in [-0.3, -0.25) is 9.59 Å². The number of rotatable bonds is 6. The number of ether oxygens (including phenoxy) is 1. The maximum Gasteiger partial charge on any atom is 0.387 e. The zero-order valence-corrected chi connectivity index (χ0v) is 17.3. The first-order chi connectivity index (χ1) is 13.1. The molecule has 2 aromatic carbocycles. The smallest absolute Gasteiger partial charge is 0.387 e. The molecule has 0 aromatic heterocycles. The molecule has 0 fully saturated rings. The van der Waals surface area contributed by atoms with Crippen molar-refractivity contribution in [3.05, 3.63) is 58.1 Å². The zero-order chi connectivity index (χ0) is 20.9. The van der Waals surface area contributed by atoms with Crippen molar-refractivity contribution in [1.29, 1.82) is 0 Å².